The number of rotatable bonds is 6. The molecule has 30 heavy (non-hydrogen) atoms. The Morgan fingerprint density at radius 1 is 0.967 bits per heavy atom. The number of ether oxygens (including phenoxy) is 1. The Balaban J connectivity index is 1.58. The lowest BCUT2D eigenvalue weighted by atomic mass is 9.96. The first-order chi connectivity index (χ1) is 14.5. The van der Waals surface area contributed by atoms with E-state index in [1.54, 1.807) is 41.8 Å². The molecule has 1 atom stereocenters. The molecule has 0 unspecified atom stereocenters. The maximum absolute atomic E-state index is 13.2. The largest absolute Gasteiger partial charge is 0.456 e. The molecular weight excluding hydrogens is 422 g/mol. The summed E-state index contributed by atoms with van der Waals surface area (Å²) in [5.41, 5.74) is 2.18. The zero-order valence-electron chi connectivity index (χ0n) is 15.9. The molecule has 0 fully saturated rings. The summed E-state index contributed by atoms with van der Waals surface area (Å²) in [6, 6.07) is 18.1. The van der Waals surface area contributed by atoms with Crippen molar-refractivity contribution in [3.05, 3.63) is 88.8 Å². The number of Topliss-reactive ketones (excluding diaryl/α,β-unsaturated/α-hetero) is 1. The Hall–Kier alpha value is -2.81. The van der Waals surface area contributed by atoms with Crippen LogP contribution in [0.4, 0.5) is 0 Å². The highest BCUT2D eigenvalue weighted by molar-refractivity contribution is 7.91. The van der Waals surface area contributed by atoms with Crippen LogP contribution >= 0.6 is 11.3 Å². The average Bonchev–Trinajstić information content (AvgIpc) is 3.33. The van der Waals surface area contributed by atoms with Crippen molar-refractivity contribution in [3.63, 3.8) is 0 Å². The fourth-order valence-corrected chi connectivity index (χ4v) is 6.09. The first-order valence-electron chi connectivity index (χ1n) is 9.34. The van der Waals surface area contributed by atoms with Gasteiger partial charge in [-0.05, 0) is 22.6 Å². The number of hydrogen-bond donors (Lipinski definition) is 0. The molecule has 0 amide bonds. The molecule has 3 aromatic rings. The topological polar surface area (TPSA) is 80.8 Å². The van der Waals surface area contributed by atoms with Crippen molar-refractivity contribution in [3.8, 4) is 0 Å². The maximum atomic E-state index is 13.2. The SMILES string of the molecule is O=C(COC(=O)[C@@H]1Cc2ccccc2CN1S(=O)(=O)c1cccs1)c1ccccc1. The van der Waals surface area contributed by atoms with Crippen LogP contribution in [0.25, 0.3) is 0 Å². The molecule has 0 bridgehead atoms. The van der Waals surface area contributed by atoms with Gasteiger partial charge in [-0.25, -0.2) is 8.42 Å². The van der Waals surface area contributed by atoms with E-state index in [9.17, 15) is 18.0 Å². The molecular formula is C22H19NO5S2. The van der Waals surface area contributed by atoms with Crippen molar-refractivity contribution in [1.82, 2.24) is 4.31 Å². The Morgan fingerprint density at radius 2 is 1.67 bits per heavy atom. The van der Waals surface area contributed by atoms with Gasteiger partial charge < -0.3 is 4.74 Å². The normalized spacial score (nSPS) is 16.6. The Bertz CT molecular complexity index is 1160. The van der Waals surface area contributed by atoms with Crippen molar-refractivity contribution in [2.45, 2.75) is 23.2 Å². The zero-order chi connectivity index (χ0) is 21.1. The number of thiophene rings is 1. The average molecular weight is 442 g/mol. The van der Waals surface area contributed by atoms with E-state index >= 15 is 0 Å². The first kappa shape index (κ1) is 20.5. The van der Waals surface area contributed by atoms with Gasteiger partial charge in [-0.2, -0.15) is 4.31 Å². The molecule has 154 valence electrons. The molecule has 1 aliphatic heterocycles. The summed E-state index contributed by atoms with van der Waals surface area (Å²) in [4.78, 5) is 25.2. The molecule has 0 radical (unpaired) electrons. The van der Waals surface area contributed by atoms with Crippen molar-refractivity contribution < 1.29 is 22.7 Å². The molecule has 6 nitrogen and oxygen atoms in total. The number of sulfonamides is 1. The number of carbonyl (C=O) groups excluding carboxylic acids is 2. The smallest absolute Gasteiger partial charge is 0.325 e. The van der Waals surface area contributed by atoms with Gasteiger partial charge in [-0.1, -0.05) is 60.7 Å². The molecule has 0 aliphatic carbocycles. The summed E-state index contributed by atoms with van der Waals surface area (Å²) in [6.45, 7) is -0.364. The highest BCUT2D eigenvalue weighted by Crippen LogP contribution is 2.31. The van der Waals surface area contributed by atoms with E-state index in [0.29, 0.717) is 5.56 Å². The van der Waals surface area contributed by atoms with E-state index in [0.717, 1.165) is 22.5 Å². The highest BCUT2D eigenvalue weighted by atomic mass is 32.2. The van der Waals surface area contributed by atoms with Gasteiger partial charge in [0.15, 0.2) is 12.4 Å². The first-order valence-corrected chi connectivity index (χ1v) is 11.7. The second kappa shape index (κ2) is 8.51. The molecule has 2 aromatic carbocycles. The summed E-state index contributed by atoms with van der Waals surface area (Å²) in [5, 5.41) is 1.68. The van der Waals surface area contributed by atoms with E-state index in [1.807, 2.05) is 24.3 Å². The lowest BCUT2D eigenvalue weighted by Gasteiger charge is -2.34. The Kier molecular flexibility index (Phi) is 5.80. The molecule has 4 rings (SSSR count). The second-order valence-electron chi connectivity index (χ2n) is 6.87. The number of carbonyl (C=O) groups is 2. The maximum Gasteiger partial charge on any atom is 0.325 e. The number of hydrogen-bond acceptors (Lipinski definition) is 6. The fraction of sp³-hybridized carbons (Fsp3) is 0.182. The molecule has 1 aliphatic rings. The van der Waals surface area contributed by atoms with Crippen molar-refractivity contribution in [2.75, 3.05) is 6.61 Å². The van der Waals surface area contributed by atoms with Crippen LogP contribution < -0.4 is 0 Å². The number of esters is 1. The van der Waals surface area contributed by atoms with Crippen LogP contribution in [0.3, 0.4) is 0 Å². The molecule has 0 saturated heterocycles. The van der Waals surface area contributed by atoms with Crippen molar-refractivity contribution in [1.29, 1.82) is 0 Å². The lowest BCUT2D eigenvalue weighted by molar-refractivity contribution is -0.147. The molecule has 2 heterocycles. The van der Waals surface area contributed by atoms with Crippen LogP contribution in [0.5, 0.6) is 0 Å². The summed E-state index contributed by atoms with van der Waals surface area (Å²) in [6.07, 6.45) is 0.194. The van der Waals surface area contributed by atoms with Gasteiger partial charge in [0.2, 0.25) is 0 Å². The standard InChI is InChI=1S/C22H19NO5S2/c24-20(16-7-2-1-3-8-16)15-28-22(25)19-13-17-9-4-5-10-18(17)14-23(19)30(26,27)21-11-6-12-29-21/h1-12,19H,13-15H2/t19-/m0/s1. The summed E-state index contributed by atoms with van der Waals surface area (Å²) in [7, 11) is -3.88. The van der Waals surface area contributed by atoms with Crippen LogP contribution in [0.15, 0.2) is 76.3 Å². The summed E-state index contributed by atoms with van der Waals surface area (Å²) < 4.78 is 33.0. The molecule has 1 aromatic heterocycles. The van der Waals surface area contributed by atoms with Crippen LogP contribution in [0, 0.1) is 0 Å². The minimum Gasteiger partial charge on any atom is -0.456 e. The molecule has 0 N–H and O–H groups in total. The molecule has 0 saturated carbocycles. The number of nitrogens with zero attached hydrogens (tertiary/aromatic N) is 1. The molecule has 8 heteroatoms. The zero-order valence-corrected chi connectivity index (χ0v) is 17.6. The van der Waals surface area contributed by atoms with Gasteiger partial charge in [0.25, 0.3) is 10.0 Å². The minimum absolute atomic E-state index is 0.0722. The van der Waals surface area contributed by atoms with Crippen LogP contribution in [-0.2, 0) is 32.5 Å². The van der Waals surface area contributed by atoms with E-state index in [2.05, 4.69) is 0 Å². The molecule has 0 spiro atoms. The van der Waals surface area contributed by atoms with Gasteiger partial charge in [-0.15, -0.1) is 11.3 Å². The lowest BCUT2D eigenvalue weighted by Crippen LogP contribution is -2.49. The third-order valence-electron chi connectivity index (χ3n) is 4.98. The third-order valence-corrected chi connectivity index (χ3v) is 8.20. The van der Waals surface area contributed by atoms with E-state index in [1.165, 1.54) is 10.4 Å². The van der Waals surface area contributed by atoms with Gasteiger partial charge in [-0.3, -0.25) is 9.59 Å². The Morgan fingerprint density at radius 3 is 2.37 bits per heavy atom. The summed E-state index contributed by atoms with van der Waals surface area (Å²) >= 11 is 1.10. The van der Waals surface area contributed by atoms with Gasteiger partial charge in [0, 0.05) is 18.5 Å². The minimum atomic E-state index is -3.88. The monoisotopic (exact) mass is 441 g/mol. The van der Waals surface area contributed by atoms with E-state index < -0.39 is 28.6 Å². The number of benzene rings is 2. The highest BCUT2D eigenvalue weighted by Gasteiger charge is 2.41. The van der Waals surface area contributed by atoms with Gasteiger partial charge in [0.05, 0.1) is 0 Å². The van der Waals surface area contributed by atoms with Gasteiger partial charge in [0.1, 0.15) is 10.3 Å². The quantitative estimate of drug-likeness (QED) is 0.433. The second-order valence-corrected chi connectivity index (χ2v) is 9.93. The predicted molar refractivity (Wildman–Crippen MR) is 113 cm³/mol. The summed E-state index contributed by atoms with van der Waals surface area (Å²) in [5.74, 6) is -1.07. The van der Waals surface area contributed by atoms with Crippen molar-refractivity contribution >= 4 is 33.1 Å². The van der Waals surface area contributed by atoms with Crippen molar-refractivity contribution in [2.24, 2.45) is 0 Å². The van der Waals surface area contributed by atoms with Crippen LogP contribution in [0.2, 0.25) is 0 Å². The predicted octanol–water partition coefficient (Wildman–Crippen LogP) is 3.29. The van der Waals surface area contributed by atoms with Crippen LogP contribution in [0.1, 0.15) is 21.5 Å². The Labute approximate surface area is 178 Å². The van der Waals surface area contributed by atoms with Crippen LogP contribution in [-0.4, -0.2) is 37.1 Å². The van der Waals surface area contributed by atoms with E-state index in [4.69, 9.17) is 4.74 Å². The van der Waals surface area contributed by atoms with E-state index in [-0.39, 0.29) is 23.0 Å². The third kappa shape index (κ3) is 4.07. The fourth-order valence-electron chi connectivity index (χ4n) is 3.42. The van der Waals surface area contributed by atoms with Gasteiger partial charge >= 0.3 is 5.97 Å². The number of fused-ring (bicyclic) bond motifs is 1. The number of ketones is 1.